The zero-order chi connectivity index (χ0) is 13.2. The second-order valence-electron chi connectivity index (χ2n) is 4.86. The third kappa shape index (κ3) is 2.24. The molecule has 1 aliphatic rings. The van der Waals surface area contributed by atoms with Crippen molar-refractivity contribution in [2.45, 2.75) is 31.9 Å². The monoisotopic (exact) mass is 264 g/mol. The van der Waals surface area contributed by atoms with Gasteiger partial charge in [0, 0.05) is 13.2 Å². The summed E-state index contributed by atoms with van der Waals surface area (Å²) in [5, 5.41) is 13.7. The molecule has 1 aliphatic heterocycles. The number of hydrogen-bond donors (Lipinski definition) is 1. The molecule has 1 aromatic heterocycles. The molecular formula is C14H17FN2O2. The molecule has 1 atom stereocenters. The zero-order valence-corrected chi connectivity index (χ0v) is 10.7. The predicted molar refractivity (Wildman–Crippen MR) is 69.3 cm³/mol. The number of nitrogens with zero attached hydrogens (tertiary/aromatic N) is 2. The molecule has 1 N–H and O–H groups in total. The molecule has 0 spiro atoms. The average molecular weight is 264 g/mol. The number of benzene rings is 1. The summed E-state index contributed by atoms with van der Waals surface area (Å²) < 4.78 is 21.7. The molecule has 5 heteroatoms. The van der Waals surface area contributed by atoms with Crippen molar-refractivity contribution in [3.8, 4) is 0 Å². The fraction of sp³-hybridized carbons (Fsp3) is 0.500. The number of aliphatic hydroxyl groups is 1. The Morgan fingerprint density at radius 1 is 1.42 bits per heavy atom. The lowest BCUT2D eigenvalue weighted by Gasteiger charge is -2.23. The van der Waals surface area contributed by atoms with Gasteiger partial charge in [0.2, 0.25) is 0 Å². The summed E-state index contributed by atoms with van der Waals surface area (Å²) in [6.07, 6.45) is 4.88. The highest BCUT2D eigenvalue weighted by Gasteiger charge is 2.20. The van der Waals surface area contributed by atoms with Crippen LogP contribution in [0.5, 0.6) is 0 Å². The molecule has 0 radical (unpaired) electrons. The molecule has 0 bridgehead atoms. The van der Waals surface area contributed by atoms with Crippen LogP contribution >= 0.6 is 0 Å². The van der Waals surface area contributed by atoms with E-state index >= 15 is 0 Å². The van der Waals surface area contributed by atoms with Crippen molar-refractivity contribution in [2.75, 3.05) is 13.2 Å². The Labute approximate surface area is 110 Å². The van der Waals surface area contributed by atoms with E-state index in [-0.39, 0.29) is 18.7 Å². The number of ether oxygens (including phenoxy) is 1. The highest BCUT2D eigenvalue weighted by molar-refractivity contribution is 5.80. The fourth-order valence-electron chi connectivity index (χ4n) is 2.59. The molecule has 3 rings (SSSR count). The summed E-state index contributed by atoms with van der Waals surface area (Å²) in [6, 6.07) is 3.57. The van der Waals surface area contributed by atoms with Gasteiger partial charge >= 0.3 is 0 Å². The molecule has 1 aromatic carbocycles. The first-order valence-electron chi connectivity index (χ1n) is 6.68. The normalized spacial score (nSPS) is 20.0. The average Bonchev–Trinajstić information content (AvgIpc) is 2.88. The number of halogens is 1. The molecule has 0 aliphatic carbocycles. The quantitative estimate of drug-likeness (QED) is 0.926. The van der Waals surface area contributed by atoms with Crippen LogP contribution in [0.3, 0.4) is 0 Å². The van der Waals surface area contributed by atoms with Crippen molar-refractivity contribution in [1.29, 1.82) is 0 Å². The van der Waals surface area contributed by atoms with E-state index < -0.39 is 0 Å². The minimum atomic E-state index is -0.284. The smallest absolute Gasteiger partial charge is 0.150 e. The maximum atomic E-state index is 14.2. The van der Waals surface area contributed by atoms with Crippen LogP contribution in [0.25, 0.3) is 10.9 Å². The minimum Gasteiger partial charge on any atom is -0.396 e. The first-order chi connectivity index (χ1) is 9.31. The van der Waals surface area contributed by atoms with E-state index in [0.717, 1.165) is 31.4 Å². The minimum absolute atomic E-state index is 0.0533. The first kappa shape index (κ1) is 12.6. The van der Waals surface area contributed by atoms with Gasteiger partial charge in [-0.15, -0.1) is 0 Å². The number of aliphatic hydroxyl groups excluding tert-OH is 1. The van der Waals surface area contributed by atoms with Crippen LogP contribution in [0, 0.1) is 5.82 Å². The molecule has 1 unspecified atom stereocenters. The van der Waals surface area contributed by atoms with Gasteiger partial charge in [-0.05, 0) is 37.3 Å². The highest BCUT2D eigenvalue weighted by Crippen LogP contribution is 2.28. The Kier molecular flexibility index (Phi) is 3.48. The van der Waals surface area contributed by atoms with E-state index in [1.54, 1.807) is 16.9 Å². The third-order valence-corrected chi connectivity index (χ3v) is 3.60. The maximum Gasteiger partial charge on any atom is 0.150 e. The van der Waals surface area contributed by atoms with Crippen LogP contribution in [0.15, 0.2) is 18.3 Å². The summed E-state index contributed by atoms with van der Waals surface area (Å²) in [6.45, 7) is 0.680. The summed E-state index contributed by atoms with van der Waals surface area (Å²) in [5.74, 6) is -0.284. The fourth-order valence-corrected chi connectivity index (χ4v) is 2.59. The summed E-state index contributed by atoms with van der Waals surface area (Å²) in [7, 11) is 0. The number of rotatable bonds is 3. The number of fused-ring (bicyclic) bond motifs is 1. The standard InChI is InChI=1S/C14H17FN2O2/c15-14-10(6-7-18)4-5-12-11(14)9-16-17(12)13-3-1-2-8-19-13/h4-5,9,13,18H,1-3,6-8H2. The van der Waals surface area contributed by atoms with E-state index in [4.69, 9.17) is 9.84 Å². The Morgan fingerprint density at radius 2 is 2.32 bits per heavy atom. The second kappa shape index (κ2) is 5.27. The van der Waals surface area contributed by atoms with Gasteiger partial charge in [-0.2, -0.15) is 5.10 Å². The van der Waals surface area contributed by atoms with Crippen LogP contribution in [0.1, 0.15) is 31.1 Å². The van der Waals surface area contributed by atoms with E-state index in [2.05, 4.69) is 5.10 Å². The molecule has 0 amide bonds. The van der Waals surface area contributed by atoms with Gasteiger partial charge in [-0.1, -0.05) is 6.07 Å². The predicted octanol–water partition coefficient (Wildman–Crippen LogP) is 2.41. The van der Waals surface area contributed by atoms with Crippen LogP contribution in [-0.4, -0.2) is 28.1 Å². The van der Waals surface area contributed by atoms with Gasteiger partial charge in [-0.3, -0.25) is 0 Å². The van der Waals surface area contributed by atoms with Crippen LogP contribution < -0.4 is 0 Å². The van der Waals surface area contributed by atoms with Gasteiger partial charge in [0.1, 0.15) is 5.82 Å². The molecule has 102 valence electrons. The Bertz CT molecular complexity index is 576. The summed E-state index contributed by atoms with van der Waals surface area (Å²) in [5.41, 5.74) is 1.28. The Balaban J connectivity index is 2.01. The lowest BCUT2D eigenvalue weighted by Crippen LogP contribution is -2.18. The summed E-state index contributed by atoms with van der Waals surface area (Å²) >= 11 is 0. The molecule has 0 saturated carbocycles. The topological polar surface area (TPSA) is 47.3 Å². The number of aromatic nitrogens is 2. The van der Waals surface area contributed by atoms with Crippen LogP contribution in [0.4, 0.5) is 4.39 Å². The molecule has 2 heterocycles. The van der Waals surface area contributed by atoms with E-state index in [9.17, 15) is 4.39 Å². The highest BCUT2D eigenvalue weighted by atomic mass is 19.1. The molecule has 2 aromatic rings. The van der Waals surface area contributed by atoms with Gasteiger partial charge in [0.25, 0.3) is 0 Å². The maximum absolute atomic E-state index is 14.2. The Morgan fingerprint density at radius 3 is 3.05 bits per heavy atom. The number of hydrogen-bond acceptors (Lipinski definition) is 3. The SMILES string of the molecule is OCCc1ccc2c(cnn2C2CCCCO2)c1F. The largest absolute Gasteiger partial charge is 0.396 e. The van der Waals surface area contributed by atoms with E-state index in [1.807, 2.05) is 6.07 Å². The molecule has 1 saturated heterocycles. The van der Waals surface area contributed by atoms with Gasteiger partial charge < -0.3 is 9.84 Å². The molecule has 19 heavy (non-hydrogen) atoms. The van der Waals surface area contributed by atoms with Gasteiger partial charge in [0.05, 0.1) is 17.1 Å². The van der Waals surface area contributed by atoms with Crippen molar-refractivity contribution in [3.05, 3.63) is 29.7 Å². The van der Waals surface area contributed by atoms with Gasteiger partial charge in [-0.25, -0.2) is 9.07 Å². The van der Waals surface area contributed by atoms with Crippen molar-refractivity contribution >= 4 is 10.9 Å². The molecule has 1 fully saturated rings. The molecule has 4 nitrogen and oxygen atoms in total. The third-order valence-electron chi connectivity index (χ3n) is 3.60. The van der Waals surface area contributed by atoms with Gasteiger partial charge in [0.15, 0.2) is 6.23 Å². The first-order valence-corrected chi connectivity index (χ1v) is 6.68. The van der Waals surface area contributed by atoms with Crippen LogP contribution in [0.2, 0.25) is 0 Å². The van der Waals surface area contributed by atoms with Crippen molar-refractivity contribution in [2.24, 2.45) is 0 Å². The summed E-state index contributed by atoms with van der Waals surface area (Å²) in [4.78, 5) is 0. The lowest BCUT2D eigenvalue weighted by atomic mass is 10.1. The second-order valence-corrected chi connectivity index (χ2v) is 4.86. The van der Waals surface area contributed by atoms with Crippen molar-refractivity contribution < 1.29 is 14.2 Å². The van der Waals surface area contributed by atoms with E-state index in [0.29, 0.717) is 17.4 Å². The lowest BCUT2D eigenvalue weighted by molar-refractivity contribution is -0.0366. The van der Waals surface area contributed by atoms with Crippen LogP contribution in [-0.2, 0) is 11.2 Å². The zero-order valence-electron chi connectivity index (χ0n) is 10.7. The van der Waals surface area contributed by atoms with Crippen molar-refractivity contribution in [1.82, 2.24) is 9.78 Å². The van der Waals surface area contributed by atoms with Crippen molar-refractivity contribution in [3.63, 3.8) is 0 Å². The van der Waals surface area contributed by atoms with E-state index in [1.165, 1.54) is 0 Å². The Hall–Kier alpha value is -1.46. The molecular weight excluding hydrogens is 247 g/mol.